The van der Waals surface area contributed by atoms with Gasteiger partial charge in [-0.15, -0.1) is 0 Å². The molecule has 1 saturated heterocycles. The summed E-state index contributed by atoms with van der Waals surface area (Å²) in [5.41, 5.74) is 1.96. The van der Waals surface area contributed by atoms with E-state index >= 15 is 0 Å². The van der Waals surface area contributed by atoms with E-state index in [-0.39, 0.29) is 11.9 Å². The molecule has 0 saturated carbocycles. The van der Waals surface area contributed by atoms with Crippen LogP contribution in [0.4, 0.5) is 4.79 Å². The fourth-order valence-electron chi connectivity index (χ4n) is 3.09. The topological polar surface area (TPSA) is 114 Å². The zero-order chi connectivity index (χ0) is 18.3. The number of fused-ring (bicyclic) bond motifs is 1. The molecule has 0 radical (unpaired) electrons. The van der Waals surface area contributed by atoms with Crippen LogP contribution in [-0.4, -0.2) is 59.9 Å². The van der Waals surface area contributed by atoms with Gasteiger partial charge in [0, 0.05) is 25.6 Å². The number of hydrogen-bond donors (Lipinski definition) is 2. The number of rotatable bonds is 3. The summed E-state index contributed by atoms with van der Waals surface area (Å²) < 4.78 is 7.75. The van der Waals surface area contributed by atoms with Gasteiger partial charge >= 0.3 is 6.09 Å². The van der Waals surface area contributed by atoms with E-state index in [9.17, 15) is 9.90 Å². The van der Waals surface area contributed by atoms with E-state index in [1.807, 2.05) is 11.6 Å². The first kappa shape index (κ1) is 16.1. The maximum absolute atomic E-state index is 11.1. The quantitative estimate of drug-likeness (QED) is 0.737. The SMILES string of the molecule is Cn1c(-c2ccc(O)cc2)nc2c(OC3CCN(C(=O)O)C3)ncnc21. The zero-order valence-electron chi connectivity index (χ0n) is 14.0. The van der Waals surface area contributed by atoms with Gasteiger partial charge in [0.25, 0.3) is 0 Å². The molecule has 1 amide bonds. The summed E-state index contributed by atoms with van der Waals surface area (Å²) in [7, 11) is 1.84. The van der Waals surface area contributed by atoms with Gasteiger partial charge in [0.15, 0.2) is 11.2 Å². The molecule has 0 bridgehead atoms. The third-order valence-corrected chi connectivity index (χ3v) is 4.44. The predicted octanol–water partition coefficient (Wildman–Crippen LogP) is 1.87. The molecule has 3 heterocycles. The summed E-state index contributed by atoms with van der Waals surface area (Å²) in [4.78, 5) is 25.5. The highest BCUT2D eigenvalue weighted by Gasteiger charge is 2.28. The standard InChI is InChI=1S/C17H17N5O4/c1-21-14(10-2-4-11(23)5-3-10)20-13-15(21)18-9-19-16(13)26-12-6-7-22(8-12)17(24)25/h2-5,9,12,23H,6-8H2,1H3,(H,24,25). The Morgan fingerprint density at radius 2 is 2.04 bits per heavy atom. The molecule has 1 aliphatic heterocycles. The van der Waals surface area contributed by atoms with Crippen molar-refractivity contribution in [3.05, 3.63) is 30.6 Å². The van der Waals surface area contributed by atoms with Crippen molar-refractivity contribution in [2.24, 2.45) is 7.05 Å². The monoisotopic (exact) mass is 355 g/mol. The molecule has 2 aromatic heterocycles. The first-order chi connectivity index (χ1) is 12.5. The van der Waals surface area contributed by atoms with Gasteiger partial charge in [0.05, 0.1) is 6.54 Å². The average Bonchev–Trinajstić information content (AvgIpc) is 3.22. The third kappa shape index (κ3) is 2.77. The minimum atomic E-state index is -0.948. The molecule has 134 valence electrons. The molecule has 2 N–H and O–H groups in total. The van der Waals surface area contributed by atoms with Crippen LogP contribution >= 0.6 is 0 Å². The number of benzene rings is 1. The number of ether oxygens (including phenoxy) is 1. The predicted molar refractivity (Wildman–Crippen MR) is 92.0 cm³/mol. The van der Waals surface area contributed by atoms with Crippen LogP contribution in [-0.2, 0) is 7.05 Å². The van der Waals surface area contributed by atoms with Crippen molar-refractivity contribution in [2.45, 2.75) is 12.5 Å². The fourth-order valence-corrected chi connectivity index (χ4v) is 3.09. The summed E-state index contributed by atoms with van der Waals surface area (Å²) in [6.45, 7) is 0.744. The summed E-state index contributed by atoms with van der Waals surface area (Å²) in [5.74, 6) is 1.19. The molecule has 0 spiro atoms. The van der Waals surface area contributed by atoms with Gasteiger partial charge in [-0.3, -0.25) is 0 Å². The molecular weight excluding hydrogens is 338 g/mol. The summed E-state index contributed by atoms with van der Waals surface area (Å²) in [6.07, 6.45) is 0.805. The number of imidazole rings is 1. The van der Waals surface area contributed by atoms with E-state index in [1.54, 1.807) is 24.3 Å². The van der Waals surface area contributed by atoms with E-state index in [2.05, 4.69) is 15.0 Å². The Morgan fingerprint density at radius 3 is 2.73 bits per heavy atom. The second-order valence-electron chi connectivity index (χ2n) is 6.15. The largest absolute Gasteiger partial charge is 0.508 e. The van der Waals surface area contributed by atoms with E-state index < -0.39 is 6.09 Å². The maximum Gasteiger partial charge on any atom is 0.407 e. The van der Waals surface area contributed by atoms with Gasteiger partial charge in [-0.2, -0.15) is 4.98 Å². The van der Waals surface area contributed by atoms with Crippen LogP contribution in [0.3, 0.4) is 0 Å². The van der Waals surface area contributed by atoms with Crippen molar-refractivity contribution >= 4 is 17.3 Å². The highest BCUT2D eigenvalue weighted by molar-refractivity contribution is 5.81. The molecule has 4 rings (SSSR count). The molecular formula is C17H17N5O4. The average molecular weight is 355 g/mol. The minimum Gasteiger partial charge on any atom is -0.508 e. The Morgan fingerprint density at radius 1 is 1.27 bits per heavy atom. The van der Waals surface area contributed by atoms with Crippen molar-refractivity contribution in [3.63, 3.8) is 0 Å². The van der Waals surface area contributed by atoms with Gasteiger partial charge in [-0.05, 0) is 24.3 Å². The number of carboxylic acid groups (broad SMARTS) is 1. The Bertz CT molecular complexity index is 969. The van der Waals surface area contributed by atoms with Crippen molar-refractivity contribution < 1.29 is 19.7 Å². The number of phenolic OH excluding ortho intramolecular Hbond substituents is 1. The Labute approximate surface area is 148 Å². The van der Waals surface area contributed by atoms with Gasteiger partial charge in [-0.25, -0.2) is 14.8 Å². The Hall–Kier alpha value is -3.36. The second kappa shape index (κ2) is 6.17. The summed E-state index contributed by atoms with van der Waals surface area (Å²) >= 11 is 0. The number of hydrogen-bond acceptors (Lipinski definition) is 6. The van der Waals surface area contributed by atoms with Crippen LogP contribution in [0.1, 0.15) is 6.42 Å². The number of carbonyl (C=O) groups is 1. The fraction of sp³-hybridized carbons (Fsp3) is 0.294. The molecule has 1 aliphatic rings. The van der Waals surface area contributed by atoms with Gasteiger partial charge in [-0.1, -0.05) is 0 Å². The van der Waals surface area contributed by atoms with Crippen LogP contribution in [0.5, 0.6) is 11.6 Å². The van der Waals surface area contributed by atoms with Crippen molar-refractivity contribution in [3.8, 4) is 23.0 Å². The number of nitrogens with zero attached hydrogens (tertiary/aromatic N) is 5. The molecule has 0 aliphatic carbocycles. The molecule has 1 atom stereocenters. The number of aromatic hydroxyl groups is 1. The number of phenols is 1. The van der Waals surface area contributed by atoms with E-state index in [4.69, 9.17) is 9.84 Å². The lowest BCUT2D eigenvalue weighted by molar-refractivity contribution is 0.145. The van der Waals surface area contributed by atoms with Gasteiger partial charge < -0.3 is 24.4 Å². The van der Waals surface area contributed by atoms with E-state index in [0.29, 0.717) is 42.4 Å². The molecule has 26 heavy (non-hydrogen) atoms. The molecule has 9 heteroatoms. The molecule has 1 fully saturated rings. The van der Waals surface area contributed by atoms with Crippen LogP contribution in [0.2, 0.25) is 0 Å². The molecule has 9 nitrogen and oxygen atoms in total. The highest BCUT2D eigenvalue weighted by Crippen LogP contribution is 2.29. The summed E-state index contributed by atoms with van der Waals surface area (Å²) in [6, 6.07) is 6.73. The van der Waals surface area contributed by atoms with Crippen molar-refractivity contribution in [2.75, 3.05) is 13.1 Å². The molecule has 1 unspecified atom stereocenters. The maximum atomic E-state index is 11.1. The highest BCUT2D eigenvalue weighted by atomic mass is 16.5. The lowest BCUT2D eigenvalue weighted by atomic mass is 10.2. The number of amides is 1. The van der Waals surface area contributed by atoms with E-state index in [0.717, 1.165) is 5.56 Å². The van der Waals surface area contributed by atoms with Crippen LogP contribution in [0, 0.1) is 0 Å². The second-order valence-corrected chi connectivity index (χ2v) is 6.15. The van der Waals surface area contributed by atoms with Crippen molar-refractivity contribution in [1.82, 2.24) is 24.4 Å². The lowest BCUT2D eigenvalue weighted by Gasteiger charge is -2.13. The van der Waals surface area contributed by atoms with Crippen LogP contribution < -0.4 is 4.74 Å². The Kier molecular flexibility index (Phi) is 3.83. The van der Waals surface area contributed by atoms with Crippen molar-refractivity contribution in [1.29, 1.82) is 0 Å². The number of aromatic nitrogens is 4. The first-order valence-electron chi connectivity index (χ1n) is 8.14. The number of aryl methyl sites for hydroxylation is 1. The van der Waals surface area contributed by atoms with Crippen LogP contribution in [0.25, 0.3) is 22.6 Å². The van der Waals surface area contributed by atoms with Gasteiger partial charge in [0.1, 0.15) is 24.0 Å². The Balaban J connectivity index is 1.68. The number of likely N-dealkylation sites (tertiary alicyclic amines) is 1. The van der Waals surface area contributed by atoms with E-state index in [1.165, 1.54) is 11.2 Å². The molecule has 3 aromatic rings. The first-order valence-corrected chi connectivity index (χ1v) is 8.14. The molecule has 1 aromatic carbocycles. The smallest absolute Gasteiger partial charge is 0.407 e. The van der Waals surface area contributed by atoms with Gasteiger partial charge in [0.2, 0.25) is 5.88 Å². The summed E-state index contributed by atoms with van der Waals surface area (Å²) in [5, 5.41) is 18.5. The van der Waals surface area contributed by atoms with Crippen LogP contribution in [0.15, 0.2) is 30.6 Å². The minimum absolute atomic E-state index is 0.181. The normalized spacial score (nSPS) is 17.0. The third-order valence-electron chi connectivity index (χ3n) is 4.44. The zero-order valence-corrected chi connectivity index (χ0v) is 14.0. The lowest BCUT2D eigenvalue weighted by Crippen LogP contribution is -2.29.